The Kier molecular flexibility index (Phi) is 6.72. The number of nitrogens with zero attached hydrogens (tertiary/aromatic N) is 4. The van der Waals surface area contributed by atoms with E-state index in [0.29, 0.717) is 31.2 Å². The minimum atomic E-state index is -0.224. The van der Waals surface area contributed by atoms with Crippen LogP contribution in [-0.4, -0.2) is 41.1 Å². The van der Waals surface area contributed by atoms with Crippen LogP contribution in [0.4, 0.5) is 4.39 Å². The van der Waals surface area contributed by atoms with Crippen LogP contribution in [0.2, 0.25) is 0 Å². The Morgan fingerprint density at radius 3 is 2.71 bits per heavy atom. The molecule has 0 aliphatic heterocycles. The largest absolute Gasteiger partial charge is 0.357 e. The summed E-state index contributed by atoms with van der Waals surface area (Å²) in [6.07, 6.45) is 1.55. The highest BCUT2D eigenvalue weighted by molar-refractivity contribution is 5.79. The van der Waals surface area contributed by atoms with Crippen LogP contribution in [0.25, 0.3) is 0 Å². The molecule has 0 saturated heterocycles. The molecule has 0 saturated carbocycles. The number of aliphatic imine (C=N–C) groups is 1. The Balaban J connectivity index is 1.87. The van der Waals surface area contributed by atoms with Crippen molar-refractivity contribution >= 4 is 5.96 Å². The number of nitrogens with one attached hydrogen (secondary N) is 1. The van der Waals surface area contributed by atoms with Crippen molar-refractivity contribution in [3.05, 3.63) is 47.4 Å². The molecular weight excluding hydrogens is 309 g/mol. The average Bonchev–Trinajstić information content (AvgIpc) is 2.98. The van der Waals surface area contributed by atoms with E-state index in [1.807, 2.05) is 18.9 Å². The molecule has 1 aromatic heterocycles. The van der Waals surface area contributed by atoms with E-state index in [4.69, 9.17) is 4.52 Å². The third kappa shape index (κ3) is 5.64. The number of halogens is 1. The fraction of sp³-hybridized carbons (Fsp3) is 0.471. The van der Waals surface area contributed by atoms with E-state index in [0.717, 1.165) is 24.5 Å². The first-order valence-electron chi connectivity index (χ1n) is 8.11. The molecule has 0 unspecified atom stereocenters. The number of aryl methyl sites for hydroxylation is 2. The minimum absolute atomic E-state index is 0.224. The molecule has 0 atom stereocenters. The molecule has 130 valence electrons. The van der Waals surface area contributed by atoms with Crippen molar-refractivity contribution < 1.29 is 8.91 Å². The molecule has 1 N–H and O–H groups in total. The van der Waals surface area contributed by atoms with Crippen molar-refractivity contribution in [3.63, 3.8) is 0 Å². The van der Waals surface area contributed by atoms with E-state index >= 15 is 0 Å². The maximum atomic E-state index is 13.0. The summed E-state index contributed by atoms with van der Waals surface area (Å²) in [6.45, 7) is 5.95. The minimum Gasteiger partial charge on any atom is -0.357 e. The van der Waals surface area contributed by atoms with Crippen molar-refractivity contribution in [1.29, 1.82) is 0 Å². The third-order valence-corrected chi connectivity index (χ3v) is 3.41. The molecule has 2 aromatic rings. The van der Waals surface area contributed by atoms with Crippen LogP contribution in [-0.2, 0) is 13.0 Å². The topological polar surface area (TPSA) is 66.5 Å². The summed E-state index contributed by atoms with van der Waals surface area (Å²) in [4.78, 5) is 10.8. The quantitative estimate of drug-likeness (QED) is 0.479. The number of guanidine groups is 1. The van der Waals surface area contributed by atoms with Gasteiger partial charge in [0.15, 0.2) is 11.8 Å². The van der Waals surface area contributed by atoms with E-state index in [1.54, 1.807) is 19.1 Å². The summed E-state index contributed by atoms with van der Waals surface area (Å²) in [5, 5.41) is 7.04. The fourth-order valence-corrected chi connectivity index (χ4v) is 2.27. The average molecular weight is 333 g/mol. The maximum Gasteiger partial charge on any atom is 0.226 e. The highest BCUT2D eigenvalue weighted by Gasteiger charge is 2.07. The molecule has 0 aliphatic rings. The third-order valence-electron chi connectivity index (χ3n) is 3.41. The fourth-order valence-electron chi connectivity index (χ4n) is 2.27. The van der Waals surface area contributed by atoms with Gasteiger partial charge in [-0.1, -0.05) is 17.3 Å². The van der Waals surface area contributed by atoms with Crippen molar-refractivity contribution in [2.45, 2.75) is 33.2 Å². The van der Waals surface area contributed by atoms with Gasteiger partial charge in [0.1, 0.15) is 5.82 Å². The monoisotopic (exact) mass is 333 g/mol. The predicted molar refractivity (Wildman–Crippen MR) is 91.2 cm³/mol. The molecule has 0 bridgehead atoms. The second-order valence-electron chi connectivity index (χ2n) is 5.56. The summed E-state index contributed by atoms with van der Waals surface area (Å²) in [7, 11) is 1.96. The van der Waals surface area contributed by atoms with Gasteiger partial charge < -0.3 is 14.7 Å². The van der Waals surface area contributed by atoms with Gasteiger partial charge >= 0.3 is 0 Å². The Hall–Kier alpha value is -2.44. The summed E-state index contributed by atoms with van der Waals surface area (Å²) < 4.78 is 18.1. The van der Waals surface area contributed by atoms with E-state index in [1.165, 1.54) is 12.1 Å². The van der Waals surface area contributed by atoms with Crippen molar-refractivity contribution in [3.8, 4) is 0 Å². The SMILES string of the molecule is CCNC(=NCCCc1nc(C)no1)N(C)Cc1ccc(F)cc1. The van der Waals surface area contributed by atoms with Crippen LogP contribution in [0.15, 0.2) is 33.8 Å². The Labute approximate surface area is 141 Å². The van der Waals surface area contributed by atoms with Gasteiger partial charge in [-0.15, -0.1) is 0 Å². The molecule has 2 rings (SSSR count). The number of rotatable bonds is 7. The Morgan fingerprint density at radius 1 is 1.33 bits per heavy atom. The van der Waals surface area contributed by atoms with Crippen LogP contribution in [0.1, 0.15) is 30.6 Å². The Bertz CT molecular complexity index is 653. The highest BCUT2D eigenvalue weighted by atomic mass is 19.1. The van der Waals surface area contributed by atoms with E-state index in [2.05, 4.69) is 20.4 Å². The molecule has 24 heavy (non-hydrogen) atoms. The number of aromatic nitrogens is 2. The number of benzene rings is 1. The molecule has 0 amide bonds. The number of hydrogen-bond donors (Lipinski definition) is 1. The summed E-state index contributed by atoms with van der Waals surface area (Å²) in [5.41, 5.74) is 1.03. The summed E-state index contributed by atoms with van der Waals surface area (Å²) in [5.74, 6) is 1.90. The zero-order chi connectivity index (χ0) is 17.4. The summed E-state index contributed by atoms with van der Waals surface area (Å²) in [6, 6.07) is 6.51. The second kappa shape index (κ2) is 9.00. The van der Waals surface area contributed by atoms with Crippen LogP contribution in [0.5, 0.6) is 0 Å². The van der Waals surface area contributed by atoms with Crippen LogP contribution in [0.3, 0.4) is 0 Å². The van der Waals surface area contributed by atoms with Crippen molar-refractivity contribution in [1.82, 2.24) is 20.4 Å². The van der Waals surface area contributed by atoms with Crippen molar-refractivity contribution in [2.75, 3.05) is 20.1 Å². The van der Waals surface area contributed by atoms with Crippen LogP contribution < -0.4 is 5.32 Å². The molecule has 1 aromatic carbocycles. The van der Waals surface area contributed by atoms with Crippen LogP contribution >= 0.6 is 0 Å². The van der Waals surface area contributed by atoms with Gasteiger partial charge in [0.05, 0.1) is 0 Å². The molecule has 0 fully saturated rings. The smallest absolute Gasteiger partial charge is 0.226 e. The molecule has 0 radical (unpaired) electrons. The van der Waals surface area contributed by atoms with Gasteiger partial charge in [0.25, 0.3) is 0 Å². The van der Waals surface area contributed by atoms with E-state index < -0.39 is 0 Å². The van der Waals surface area contributed by atoms with Gasteiger partial charge in [0, 0.05) is 33.1 Å². The lowest BCUT2D eigenvalue weighted by molar-refractivity contribution is 0.372. The lowest BCUT2D eigenvalue weighted by Crippen LogP contribution is -2.38. The second-order valence-corrected chi connectivity index (χ2v) is 5.56. The van der Waals surface area contributed by atoms with Gasteiger partial charge in [-0.3, -0.25) is 4.99 Å². The van der Waals surface area contributed by atoms with E-state index in [9.17, 15) is 4.39 Å². The molecule has 6 nitrogen and oxygen atoms in total. The van der Waals surface area contributed by atoms with Gasteiger partial charge in [-0.05, 0) is 38.0 Å². The molecule has 0 spiro atoms. The highest BCUT2D eigenvalue weighted by Crippen LogP contribution is 2.06. The zero-order valence-electron chi connectivity index (χ0n) is 14.4. The first kappa shape index (κ1) is 17.9. The molecule has 0 aliphatic carbocycles. The normalized spacial score (nSPS) is 11.6. The van der Waals surface area contributed by atoms with Gasteiger partial charge in [-0.2, -0.15) is 4.98 Å². The van der Waals surface area contributed by atoms with Gasteiger partial charge in [-0.25, -0.2) is 4.39 Å². The van der Waals surface area contributed by atoms with Gasteiger partial charge in [0.2, 0.25) is 5.89 Å². The zero-order valence-corrected chi connectivity index (χ0v) is 14.4. The van der Waals surface area contributed by atoms with E-state index in [-0.39, 0.29) is 5.82 Å². The summed E-state index contributed by atoms with van der Waals surface area (Å²) >= 11 is 0. The maximum absolute atomic E-state index is 13.0. The lowest BCUT2D eigenvalue weighted by Gasteiger charge is -2.22. The molecule has 1 heterocycles. The van der Waals surface area contributed by atoms with Crippen molar-refractivity contribution in [2.24, 2.45) is 4.99 Å². The first-order chi connectivity index (χ1) is 11.6. The standard InChI is InChI=1S/C17H24FN5O/c1-4-19-17(20-11-5-6-16-21-13(2)22-24-16)23(3)12-14-7-9-15(18)10-8-14/h7-10H,4-6,11-12H2,1-3H3,(H,19,20). The predicted octanol–water partition coefficient (Wildman–Crippen LogP) is 2.55. The van der Waals surface area contributed by atoms with Crippen LogP contribution in [0, 0.1) is 12.7 Å². The number of hydrogen-bond acceptors (Lipinski definition) is 4. The first-order valence-corrected chi connectivity index (χ1v) is 8.11. The Morgan fingerprint density at radius 2 is 2.08 bits per heavy atom. The lowest BCUT2D eigenvalue weighted by atomic mass is 10.2. The molecule has 7 heteroatoms. The molecular formula is C17H24FN5O.